The molecule has 7 heteroatoms. The summed E-state index contributed by atoms with van der Waals surface area (Å²) < 4.78 is 17.8. The Morgan fingerprint density at radius 1 is 1.05 bits per heavy atom. The molecule has 0 saturated heterocycles. The first-order valence-electron chi connectivity index (χ1n) is 6.70. The first-order chi connectivity index (χ1) is 10.7. The molecule has 0 bridgehead atoms. The summed E-state index contributed by atoms with van der Waals surface area (Å²) in [6.45, 7) is 2.35. The van der Waals surface area contributed by atoms with E-state index in [0.717, 1.165) is 5.56 Å². The van der Waals surface area contributed by atoms with Crippen molar-refractivity contribution in [2.75, 3.05) is 10.6 Å². The lowest BCUT2D eigenvalue weighted by Crippen LogP contribution is -2.03. The van der Waals surface area contributed by atoms with Crippen LogP contribution in [0.2, 0.25) is 0 Å². The number of aryl methyl sites for hydroxylation is 1. The summed E-state index contributed by atoms with van der Waals surface area (Å²) in [6, 6.07) is 9.83. The zero-order valence-electron chi connectivity index (χ0n) is 11.9. The van der Waals surface area contributed by atoms with E-state index in [2.05, 4.69) is 25.8 Å². The van der Waals surface area contributed by atoms with Crippen LogP contribution in [0, 0.1) is 12.7 Å². The fourth-order valence-electron chi connectivity index (χ4n) is 1.87. The Morgan fingerprint density at radius 3 is 2.55 bits per heavy atom. The third-order valence-electron chi connectivity index (χ3n) is 2.94. The Hall–Kier alpha value is -2.96. The number of hydrogen-bond donors (Lipinski definition) is 2. The molecule has 0 amide bonds. The van der Waals surface area contributed by atoms with Gasteiger partial charge in [-0.05, 0) is 24.6 Å². The summed E-state index contributed by atoms with van der Waals surface area (Å²) in [6.07, 6.45) is 1.45. The van der Waals surface area contributed by atoms with E-state index in [-0.39, 0.29) is 5.82 Å². The van der Waals surface area contributed by atoms with Crippen LogP contribution >= 0.6 is 0 Å². The molecule has 0 unspecified atom stereocenters. The average Bonchev–Trinajstić information content (AvgIpc) is 2.92. The maximum Gasteiger partial charge on any atom is 0.175 e. The fourth-order valence-corrected chi connectivity index (χ4v) is 1.87. The van der Waals surface area contributed by atoms with Crippen LogP contribution in [0.5, 0.6) is 0 Å². The predicted molar refractivity (Wildman–Crippen MR) is 80.3 cm³/mol. The van der Waals surface area contributed by atoms with Crippen molar-refractivity contribution in [3.63, 3.8) is 0 Å². The van der Waals surface area contributed by atoms with Crippen molar-refractivity contribution in [1.82, 2.24) is 15.1 Å². The molecule has 0 saturated carbocycles. The minimum atomic E-state index is -0.250. The van der Waals surface area contributed by atoms with Crippen LogP contribution < -0.4 is 10.6 Å². The molecule has 3 rings (SSSR count). The molecular weight excluding hydrogens is 285 g/mol. The molecule has 112 valence electrons. The quantitative estimate of drug-likeness (QED) is 0.753. The molecule has 0 radical (unpaired) electrons. The lowest BCUT2D eigenvalue weighted by molar-refractivity contribution is 0.400. The van der Waals surface area contributed by atoms with Crippen LogP contribution in [0.1, 0.15) is 11.3 Å². The molecular formula is C15H14FN5O. The van der Waals surface area contributed by atoms with E-state index in [1.807, 2.05) is 6.92 Å². The zero-order chi connectivity index (χ0) is 15.4. The van der Waals surface area contributed by atoms with Gasteiger partial charge in [0.25, 0.3) is 0 Å². The summed E-state index contributed by atoms with van der Waals surface area (Å²) in [7, 11) is 0. The van der Waals surface area contributed by atoms with Crippen molar-refractivity contribution in [1.29, 1.82) is 0 Å². The van der Waals surface area contributed by atoms with Crippen molar-refractivity contribution >= 4 is 17.5 Å². The maximum absolute atomic E-state index is 12.8. The van der Waals surface area contributed by atoms with Gasteiger partial charge < -0.3 is 15.2 Å². The Morgan fingerprint density at radius 2 is 1.82 bits per heavy atom. The van der Waals surface area contributed by atoms with Crippen LogP contribution in [-0.2, 0) is 6.54 Å². The van der Waals surface area contributed by atoms with Crippen LogP contribution in [0.25, 0.3) is 0 Å². The molecule has 0 spiro atoms. The molecule has 22 heavy (non-hydrogen) atoms. The van der Waals surface area contributed by atoms with Gasteiger partial charge in [-0.25, -0.2) is 14.4 Å². The van der Waals surface area contributed by atoms with Crippen LogP contribution in [0.3, 0.4) is 0 Å². The van der Waals surface area contributed by atoms with Gasteiger partial charge in [-0.3, -0.25) is 0 Å². The van der Waals surface area contributed by atoms with Gasteiger partial charge in [0.1, 0.15) is 29.5 Å². The fraction of sp³-hybridized carbons (Fsp3) is 0.133. The van der Waals surface area contributed by atoms with Gasteiger partial charge in [-0.15, -0.1) is 0 Å². The molecule has 1 aromatic carbocycles. The smallest absolute Gasteiger partial charge is 0.175 e. The summed E-state index contributed by atoms with van der Waals surface area (Å²) in [4.78, 5) is 8.26. The third-order valence-corrected chi connectivity index (χ3v) is 2.94. The lowest BCUT2D eigenvalue weighted by atomic mass is 10.2. The van der Waals surface area contributed by atoms with Gasteiger partial charge in [-0.2, -0.15) is 0 Å². The monoisotopic (exact) mass is 299 g/mol. The highest BCUT2D eigenvalue weighted by Crippen LogP contribution is 2.16. The number of halogens is 1. The van der Waals surface area contributed by atoms with Gasteiger partial charge in [0.15, 0.2) is 5.82 Å². The molecule has 6 nitrogen and oxygen atoms in total. The van der Waals surface area contributed by atoms with Crippen molar-refractivity contribution in [3.8, 4) is 0 Å². The molecule has 2 N–H and O–H groups in total. The standard InChI is InChI=1S/C15H14FN5O/c1-10-6-15(21-22-10)20-14-7-13(18-9-19-14)17-8-11-2-4-12(16)5-3-11/h2-7,9H,8H2,1H3,(H2,17,18,19,20,21). The molecule has 0 fully saturated rings. The van der Waals surface area contributed by atoms with E-state index in [0.29, 0.717) is 29.8 Å². The zero-order valence-corrected chi connectivity index (χ0v) is 11.9. The second kappa shape index (κ2) is 6.21. The number of benzene rings is 1. The number of aromatic nitrogens is 3. The summed E-state index contributed by atoms with van der Waals surface area (Å²) in [5.41, 5.74) is 0.960. The minimum Gasteiger partial charge on any atom is -0.366 e. The van der Waals surface area contributed by atoms with Crippen molar-refractivity contribution in [2.45, 2.75) is 13.5 Å². The van der Waals surface area contributed by atoms with Gasteiger partial charge >= 0.3 is 0 Å². The van der Waals surface area contributed by atoms with E-state index in [1.165, 1.54) is 18.5 Å². The molecule has 3 aromatic rings. The van der Waals surface area contributed by atoms with E-state index in [9.17, 15) is 4.39 Å². The molecule has 0 aliphatic heterocycles. The highest BCUT2D eigenvalue weighted by atomic mass is 19.1. The minimum absolute atomic E-state index is 0.250. The third kappa shape index (κ3) is 3.57. The van der Waals surface area contributed by atoms with Gasteiger partial charge in [0.2, 0.25) is 0 Å². The second-order valence-electron chi connectivity index (χ2n) is 4.72. The van der Waals surface area contributed by atoms with E-state index in [4.69, 9.17) is 4.52 Å². The summed E-state index contributed by atoms with van der Waals surface area (Å²) in [5.74, 6) is 2.30. The number of anilines is 3. The van der Waals surface area contributed by atoms with E-state index < -0.39 is 0 Å². The number of hydrogen-bond acceptors (Lipinski definition) is 6. The first-order valence-corrected chi connectivity index (χ1v) is 6.70. The van der Waals surface area contributed by atoms with Gasteiger partial charge in [0, 0.05) is 18.7 Å². The maximum atomic E-state index is 12.8. The van der Waals surface area contributed by atoms with Crippen LogP contribution in [0.4, 0.5) is 21.8 Å². The van der Waals surface area contributed by atoms with Crippen LogP contribution in [-0.4, -0.2) is 15.1 Å². The normalized spacial score (nSPS) is 10.5. The molecule has 0 aliphatic rings. The lowest BCUT2D eigenvalue weighted by Gasteiger charge is -2.07. The topological polar surface area (TPSA) is 75.9 Å². The van der Waals surface area contributed by atoms with Crippen molar-refractivity contribution in [2.24, 2.45) is 0 Å². The number of nitrogens with one attached hydrogen (secondary N) is 2. The average molecular weight is 299 g/mol. The summed E-state index contributed by atoms with van der Waals surface area (Å²) >= 11 is 0. The molecule has 2 aromatic heterocycles. The Kier molecular flexibility index (Phi) is 3.95. The largest absolute Gasteiger partial charge is 0.366 e. The van der Waals surface area contributed by atoms with Gasteiger partial charge in [-0.1, -0.05) is 17.3 Å². The number of rotatable bonds is 5. The van der Waals surface area contributed by atoms with Crippen molar-refractivity contribution in [3.05, 3.63) is 59.9 Å². The molecule has 0 aliphatic carbocycles. The van der Waals surface area contributed by atoms with Crippen LogP contribution in [0.15, 0.2) is 47.2 Å². The first kappa shape index (κ1) is 14.0. The summed E-state index contributed by atoms with van der Waals surface area (Å²) in [5, 5.41) is 10.0. The molecule has 0 atom stereocenters. The van der Waals surface area contributed by atoms with Crippen molar-refractivity contribution < 1.29 is 8.91 Å². The SMILES string of the molecule is Cc1cc(Nc2cc(NCc3ccc(F)cc3)ncn2)no1. The Labute approximate surface area is 126 Å². The highest BCUT2D eigenvalue weighted by molar-refractivity contribution is 5.55. The Bertz CT molecular complexity index is 757. The van der Waals surface area contributed by atoms with Gasteiger partial charge in [0.05, 0.1) is 0 Å². The highest BCUT2D eigenvalue weighted by Gasteiger charge is 2.03. The second-order valence-corrected chi connectivity index (χ2v) is 4.72. The molecule has 2 heterocycles. The van der Waals surface area contributed by atoms with E-state index >= 15 is 0 Å². The number of nitrogens with zero attached hydrogens (tertiary/aromatic N) is 3. The van der Waals surface area contributed by atoms with E-state index in [1.54, 1.807) is 24.3 Å². The predicted octanol–water partition coefficient (Wildman–Crippen LogP) is 3.27. The Balaban J connectivity index is 1.64.